The molecule has 31 heavy (non-hydrogen) atoms. The van der Waals surface area contributed by atoms with E-state index in [4.69, 9.17) is 0 Å². The van der Waals surface area contributed by atoms with Crippen LogP contribution in [0.5, 0.6) is 0 Å². The van der Waals surface area contributed by atoms with Gasteiger partial charge in [0.05, 0.1) is 17.9 Å². The van der Waals surface area contributed by atoms with Gasteiger partial charge in [-0.15, -0.1) is 0 Å². The standard InChI is InChI=1S/C23H18FN5O2/c24-16-8-6-15(7-9-16)21-25-20-13-29(11-10-17(20)22(30)26-21)23(31)19-12-18(27-28-19)14-4-2-1-3-5-14/h1-9,12H,10-11,13H2,(H,27,28)(H,25,26,30). The van der Waals surface area contributed by atoms with Crippen molar-refractivity contribution in [2.45, 2.75) is 13.0 Å². The Bertz CT molecular complexity index is 1310. The number of carbonyl (C=O) groups is 1. The number of amides is 1. The van der Waals surface area contributed by atoms with Gasteiger partial charge in [-0.3, -0.25) is 14.7 Å². The van der Waals surface area contributed by atoms with Crippen molar-refractivity contribution < 1.29 is 9.18 Å². The number of carbonyl (C=O) groups excluding carboxylic acids is 1. The molecule has 0 atom stereocenters. The van der Waals surface area contributed by atoms with Gasteiger partial charge in [0, 0.05) is 23.2 Å². The largest absolute Gasteiger partial charge is 0.331 e. The van der Waals surface area contributed by atoms with Crippen LogP contribution in [0.4, 0.5) is 4.39 Å². The van der Waals surface area contributed by atoms with E-state index in [1.807, 2.05) is 30.3 Å². The zero-order valence-electron chi connectivity index (χ0n) is 16.4. The van der Waals surface area contributed by atoms with Crippen molar-refractivity contribution in [3.05, 3.63) is 93.8 Å². The highest BCUT2D eigenvalue weighted by Crippen LogP contribution is 2.22. The van der Waals surface area contributed by atoms with Gasteiger partial charge < -0.3 is 9.88 Å². The molecule has 7 nitrogen and oxygen atoms in total. The molecule has 2 aromatic heterocycles. The van der Waals surface area contributed by atoms with Crippen molar-refractivity contribution >= 4 is 5.91 Å². The number of aromatic amines is 2. The van der Waals surface area contributed by atoms with Gasteiger partial charge in [0.25, 0.3) is 11.5 Å². The zero-order valence-corrected chi connectivity index (χ0v) is 16.4. The minimum absolute atomic E-state index is 0.203. The van der Waals surface area contributed by atoms with Crippen molar-refractivity contribution in [2.75, 3.05) is 6.54 Å². The van der Waals surface area contributed by atoms with E-state index in [2.05, 4.69) is 20.2 Å². The summed E-state index contributed by atoms with van der Waals surface area (Å²) in [6.45, 7) is 0.623. The van der Waals surface area contributed by atoms with Crippen LogP contribution in [0.1, 0.15) is 21.7 Å². The smallest absolute Gasteiger partial charge is 0.272 e. The number of H-pyrrole nitrogens is 2. The number of benzene rings is 2. The van der Waals surface area contributed by atoms with Crippen LogP contribution < -0.4 is 5.56 Å². The fourth-order valence-electron chi connectivity index (χ4n) is 3.72. The highest BCUT2D eigenvalue weighted by molar-refractivity contribution is 5.93. The van der Waals surface area contributed by atoms with Crippen molar-refractivity contribution in [3.63, 3.8) is 0 Å². The Balaban J connectivity index is 1.41. The Morgan fingerprint density at radius 1 is 1.03 bits per heavy atom. The molecular weight excluding hydrogens is 397 g/mol. The molecule has 154 valence electrons. The van der Waals surface area contributed by atoms with Crippen molar-refractivity contribution in [2.24, 2.45) is 0 Å². The van der Waals surface area contributed by atoms with Gasteiger partial charge in [-0.05, 0) is 36.8 Å². The number of hydrogen-bond acceptors (Lipinski definition) is 4. The second-order valence-electron chi connectivity index (χ2n) is 7.36. The molecule has 0 aliphatic carbocycles. The molecule has 0 unspecified atom stereocenters. The fourth-order valence-corrected chi connectivity index (χ4v) is 3.72. The molecule has 0 saturated heterocycles. The second-order valence-corrected chi connectivity index (χ2v) is 7.36. The van der Waals surface area contributed by atoms with Crippen LogP contribution in [-0.2, 0) is 13.0 Å². The van der Waals surface area contributed by atoms with Gasteiger partial charge in [-0.1, -0.05) is 30.3 Å². The number of aromatic nitrogens is 4. The lowest BCUT2D eigenvalue weighted by Crippen LogP contribution is -2.39. The van der Waals surface area contributed by atoms with Crippen molar-refractivity contribution in [3.8, 4) is 22.6 Å². The van der Waals surface area contributed by atoms with Crippen LogP contribution >= 0.6 is 0 Å². The molecule has 1 aliphatic heterocycles. The topological polar surface area (TPSA) is 94.7 Å². The van der Waals surface area contributed by atoms with E-state index >= 15 is 0 Å². The van der Waals surface area contributed by atoms with E-state index in [0.717, 1.165) is 5.56 Å². The SMILES string of the molecule is O=C(c1cc(-c2ccccc2)n[nH]1)N1CCc2c(nc(-c3ccc(F)cc3)[nH]c2=O)C1. The number of nitrogens with one attached hydrogen (secondary N) is 2. The van der Waals surface area contributed by atoms with Crippen LogP contribution in [-0.4, -0.2) is 37.5 Å². The van der Waals surface area contributed by atoms with E-state index in [0.29, 0.717) is 47.0 Å². The predicted octanol–water partition coefficient (Wildman–Crippen LogP) is 3.16. The molecule has 2 N–H and O–H groups in total. The average Bonchev–Trinajstić information content (AvgIpc) is 3.29. The Hall–Kier alpha value is -4.07. The average molecular weight is 415 g/mol. The van der Waals surface area contributed by atoms with Crippen LogP contribution in [0.2, 0.25) is 0 Å². The molecule has 4 aromatic rings. The number of hydrogen-bond donors (Lipinski definition) is 2. The summed E-state index contributed by atoms with van der Waals surface area (Å²) in [7, 11) is 0. The Kier molecular flexibility index (Phi) is 4.66. The normalized spacial score (nSPS) is 13.1. The van der Waals surface area contributed by atoms with Gasteiger partial charge in [0.1, 0.15) is 17.3 Å². The van der Waals surface area contributed by atoms with Gasteiger partial charge in [-0.25, -0.2) is 9.37 Å². The van der Waals surface area contributed by atoms with Crippen molar-refractivity contribution in [1.29, 1.82) is 0 Å². The van der Waals surface area contributed by atoms with Gasteiger partial charge in [-0.2, -0.15) is 5.10 Å². The van der Waals surface area contributed by atoms with Crippen LogP contribution in [0.3, 0.4) is 0 Å². The molecule has 0 fully saturated rings. The highest BCUT2D eigenvalue weighted by atomic mass is 19.1. The monoisotopic (exact) mass is 415 g/mol. The maximum Gasteiger partial charge on any atom is 0.272 e. The summed E-state index contributed by atoms with van der Waals surface area (Å²) >= 11 is 0. The van der Waals surface area contributed by atoms with Gasteiger partial charge in [0.2, 0.25) is 0 Å². The molecule has 1 amide bonds. The third kappa shape index (κ3) is 3.63. The minimum atomic E-state index is -0.366. The molecule has 0 radical (unpaired) electrons. The first-order valence-electron chi connectivity index (χ1n) is 9.86. The van der Waals surface area contributed by atoms with Crippen molar-refractivity contribution in [1.82, 2.24) is 25.1 Å². The van der Waals surface area contributed by atoms with Gasteiger partial charge >= 0.3 is 0 Å². The quantitative estimate of drug-likeness (QED) is 0.537. The zero-order chi connectivity index (χ0) is 21.4. The Morgan fingerprint density at radius 3 is 2.58 bits per heavy atom. The number of nitrogens with zero attached hydrogens (tertiary/aromatic N) is 3. The molecule has 1 aliphatic rings. The first-order valence-corrected chi connectivity index (χ1v) is 9.86. The molecule has 0 bridgehead atoms. The summed E-state index contributed by atoms with van der Waals surface area (Å²) in [5.41, 5.74) is 3.48. The van der Waals surface area contributed by atoms with Crippen LogP contribution in [0, 0.1) is 5.82 Å². The molecule has 8 heteroatoms. The number of rotatable bonds is 3. The summed E-state index contributed by atoms with van der Waals surface area (Å²) < 4.78 is 13.2. The van der Waals surface area contributed by atoms with E-state index in [-0.39, 0.29) is 23.8 Å². The lowest BCUT2D eigenvalue weighted by Gasteiger charge is -2.27. The first kappa shape index (κ1) is 18.9. The molecular formula is C23H18FN5O2. The fraction of sp³-hybridized carbons (Fsp3) is 0.130. The molecule has 0 saturated carbocycles. The van der Waals surface area contributed by atoms with Crippen LogP contribution in [0.15, 0.2) is 65.5 Å². The summed E-state index contributed by atoms with van der Waals surface area (Å²) in [6, 6.07) is 17.1. The molecule has 5 rings (SSSR count). The van der Waals surface area contributed by atoms with E-state index in [1.54, 1.807) is 23.1 Å². The first-order chi connectivity index (χ1) is 15.1. The molecule has 0 spiro atoms. The summed E-state index contributed by atoms with van der Waals surface area (Å²) in [4.78, 5) is 34.5. The maximum absolute atomic E-state index is 13.2. The van der Waals surface area contributed by atoms with E-state index in [9.17, 15) is 14.0 Å². The third-order valence-electron chi connectivity index (χ3n) is 5.36. The lowest BCUT2D eigenvalue weighted by molar-refractivity contribution is 0.0725. The Morgan fingerprint density at radius 2 is 1.81 bits per heavy atom. The molecule has 2 aromatic carbocycles. The summed E-state index contributed by atoms with van der Waals surface area (Å²) in [5, 5.41) is 7.06. The van der Waals surface area contributed by atoms with E-state index < -0.39 is 0 Å². The van der Waals surface area contributed by atoms with Crippen LogP contribution in [0.25, 0.3) is 22.6 Å². The summed E-state index contributed by atoms with van der Waals surface area (Å²) in [5.74, 6) is -0.216. The maximum atomic E-state index is 13.2. The summed E-state index contributed by atoms with van der Waals surface area (Å²) in [6.07, 6.45) is 0.410. The second kappa shape index (κ2) is 7.64. The minimum Gasteiger partial charge on any atom is -0.331 e. The highest BCUT2D eigenvalue weighted by Gasteiger charge is 2.26. The number of halogens is 1. The Labute approximate surface area is 176 Å². The third-order valence-corrected chi connectivity index (χ3v) is 5.36. The number of fused-ring (bicyclic) bond motifs is 1. The van der Waals surface area contributed by atoms with Gasteiger partial charge in [0.15, 0.2) is 0 Å². The molecule has 3 heterocycles. The van der Waals surface area contributed by atoms with E-state index in [1.165, 1.54) is 12.1 Å². The lowest BCUT2D eigenvalue weighted by atomic mass is 10.1. The predicted molar refractivity (Wildman–Crippen MR) is 113 cm³/mol.